The van der Waals surface area contributed by atoms with Crippen molar-refractivity contribution in [3.8, 4) is 0 Å². The fraction of sp³-hybridized carbons (Fsp3) is 0.125. The molecule has 0 N–H and O–H groups in total. The van der Waals surface area contributed by atoms with Gasteiger partial charge in [-0.1, -0.05) is 0 Å². The van der Waals surface area contributed by atoms with Crippen LogP contribution in [0.5, 0.6) is 0 Å². The summed E-state index contributed by atoms with van der Waals surface area (Å²) < 4.78 is 37.9. The Morgan fingerprint density at radius 3 is 2.20 bits per heavy atom. The van der Waals surface area contributed by atoms with E-state index in [2.05, 4.69) is 30.9 Å². The van der Waals surface area contributed by atoms with E-state index in [9.17, 15) is 13.2 Å². The first-order chi connectivity index (χ1) is 7.00. The van der Waals surface area contributed by atoms with Crippen molar-refractivity contribution in [1.82, 2.24) is 15.0 Å². The first-order valence-electron chi connectivity index (χ1n) is 3.82. The monoisotopic (exact) mass is 277 g/mol. The average molecular weight is 278 g/mol. The Kier molecular flexibility index (Phi) is 2.34. The van der Waals surface area contributed by atoms with Crippen LogP contribution in [0.25, 0.3) is 11.0 Å². The van der Waals surface area contributed by atoms with Crippen LogP contribution >= 0.6 is 15.9 Å². The Balaban J connectivity index is 2.84. The highest BCUT2D eigenvalue weighted by Gasteiger charge is 2.35. The third-order valence-electron chi connectivity index (χ3n) is 1.72. The number of fused-ring (bicyclic) bond motifs is 1. The number of alkyl halides is 3. The number of hydrogen-bond donors (Lipinski definition) is 0. The van der Waals surface area contributed by atoms with Gasteiger partial charge in [0.15, 0.2) is 5.69 Å². The summed E-state index contributed by atoms with van der Waals surface area (Å²) in [6.07, 6.45) is -0.923. The number of pyridine rings is 1. The van der Waals surface area contributed by atoms with Gasteiger partial charge in [0, 0.05) is 18.6 Å². The Bertz CT molecular complexity index is 512. The molecular formula is C8H3BrF3N3. The first-order valence-corrected chi connectivity index (χ1v) is 4.62. The number of halogens is 4. The van der Waals surface area contributed by atoms with Gasteiger partial charge in [0.1, 0.15) is 11.0 Å². The maximum Gasteiger partial charge on any atom is 0.435 e. The van der Waals surface area contributed by atoms with Crippen molar-refractivity contribution in [2.75, 3.05) is 0 Å². The average Bonchev–Trinajstić information content (AvgIpc) is 2.17. The Morgan fingerprint density at radius 1 is 1.00 bits per heavy atom. The van der Waals surface area contributed by atoms with Crippen molar-refractivity contribution in [2.24, 2.45) is 0 Å². The molecule has 0 aromatic carbocycles. The van der Waals surface area contributed by atoms with Gasteiger partial charge >= 0.3 is 6.18 Å². The summed E-state index contributed by atoms with van der Waals surface area (Å²) in [5.41, 5.74) is -1.12. The maximum absolute atomic E-state index is 12.5. The lowest BCUT2D eigenvalue weighted by atomic mass is 10.3. The lowest BCUT2D eigenvalue weighted by Gasteiger charge is -2.08. The van der Waals surface area contributed by atoms with Crippen molar-refractivity contribution in [1.29, 1.82) is 0 Å². The molecule has 2 aromatic heterocycles. The van der Waals surface area contributed by atoms with Crippen molar-refractivity contribution in [3.63, 3.8) is 0 Å². The molecule has 0 saturated heterocycles. The van der Waals surface area contributed by atoms with Gasteiger partial charge in [-0.2, -0.15) is 13.2 Å². The van der Waals surface area contributed by atoms with Crippen LogP contribution in [0.1, 0.15) is 5.69 Å². The van der Waals surface area contributed by atoms with E-state index in [-0.39, 0.29) is 11.0 Å². The number of aromatic nitrogens is 3. The van der Waals surface area contributed by atoms with E-state index in [0.29, 0.717) is 4.47 Å². The number of nitrogens with zero attached hydrogens (tertiary/aromatic N) is 3. The van der Waals surface area contributed by atoms with Crippen LogP contribution in [-0.4, -0.2) is 15.0 Å². The van der Waals surface area contributed by atoms with Gasteiger partial charge in [-0.15, -0.1) is 0 Å². The maximum atomic E-state index is 12.5. The zero-order chi connectivity index (χ0) is 11.1. The zero-order valence-corrected chi connectivity index (χ0v) is 8.67. The van der Waals surface area contributed by atoms with Crippen LogP contribution in [0.2, 0.25) is 0 Å². The molecular weight excluding hydrogens is 275 g/mol. The lowest BCUT2D eigenvalue weighted by Crippen LogP contribution is -2.09. The largest absolute Gasteiger partial charge is 0.435 e. The van der Waals surface area contributed by atoms with Gasteiger partial charge in [-0.25, -0.2) is 4.98 Å². The molecule has 0 amide bonds. The van der Waals surface area contributed by atoms with E-state index >= 15 is 0 Å². The highest BCUT2D eigenvalue weighted by atomic mass is 79.9. The molecule has 0 aliphatic carbocycles. The molecule has 7 heteroatoms. The van der Waals surface area contributed by atoms with Gasteiger partial charge in [0.2, 0.25) is 0 Å². The van der Waals surface area contributed by atoms with Crippen molar-refractivity contribution < 1.29 is 13.2 Å². The second kappa shape index (κ2) is 3.41. The van der Waals surface area contributed by atoms with Gasteiger partial charge < -0.3 is 0 Å². The second-order valence-electron chi connectivity index (χ2n) is 2.71. The third-order valence-corrected chi connectivity index (χ3v) is 2.30. The third kappa shape index (κ3) is 1.79. The fourth-order valence-corrected chi connectivity index (χ4v) is 1.53. The minimum absolute atomic E-state index is 0.153. The highest BCUT2D eigenvalue weighted by molar-refractivity contribution is 9.10. The molecule has 0 fully saturated rings. The summed E-state index contributed by atoms with van der Waals surface area (Å²) in [6.45, 7) is 0. The molecule has 0 bridgehead atoms. The smallest absolute Gasteiger partial charge is 0.252 e. The summed E-state index contributed by atoms with van der Waals surface area (Å²) in [4.78, 5) is 10.7. The van der Waals surface area contributed by atoms with Crippen molar-refractivity contribution in [3.05, 3.63) is 28.8 Å². The molecule has 0 aliphatic rings. The molecule has 0 unspecified atom stereocenters. The standard InChI is InChI=1S/C8H3BrF3N3/c9-4-3-15-7(8(10,11)12)6-5(4)13-1-2-14-6/h1-3H. The summed E-state index contributed by atoms with van der Waals surface area (Å²) >= 11 is 3.07. The normalized spacial score (nSPS) is 12.0. The summed E-state index contributed by atoms with van der Waals surface area (Å²) in [5.74, 6) is 0. The minimum atomic E-state index is -4.52. The molecule has 0 atom stereocenters. The van der Waals surface area contributed by atoms with Gasteiger partial charge in [0.05, 0.1) is 4.47 Å². The lowest BCUT2D eigenvalue weighted by molar-refractivity contribution is -0.139. The molecule has 0 spiro atoms. The molecule has 2 aromatic rings. The molecule has 78 valence electrons. The van der Waals surface area contributed by atoms with Gasteiger partial charge in [-0.05, 0) is 15.9 Å². The summed E-state index contributed by atoms with van der Waals surface area (Å²) in [7, 11) is 0. The van der Waals surface area contributed by atoms with Crippen LogP contribution < -0.4 is 0 Å². The predicted molar refractivity (Wildman–Crippen MR) is 50.0 cm³/mol. The van der Waals surface area contributed by atoms with Crippen LogP contribution in [0.3, 0.4) is 0 Å². The Morgan fingerprint density at radius 2 is 1.60 bits per heavy atom. The molecule has 0 radical (unpaired) electrons. The second-order valence-corrected chi connectivity index (χ2v) is 3.56. The van der Waals surface area contributed by atoms with E-state index < -0.39 is 11.9 Å². The van der Waals surface area contributed by atoms with E-state index in [4.69, 9.17) is 0 Å². The predicted octanol–water partition coefficient (Wildman–Crippen LogP) is 2.81. The minimum Gasteiger partial charge on any atom is -0.252 e. The molecule has 15 heavy (non-hydrogen) atoms. The van der Waals surface area contributed by atoms with Crippen molar-refractivity contribution in [2.45, 2.75) is 6.18 Å². The van der Waals surface area contributed by atoms with Crippen LogP contribution in [0.4, 0.5) is 13.2 Å². The first kappa shape index (κ1) is 10.3. The fourth-order valence-electron chi connectivity index (χ4n) is 1.14. The molecule has 2 heterocycles. The quantitative estimate of drug-likeness (QED) is 0.743. The summed E-state index contributed by atoms with van der Waals surface area (Å²) in [5, 5.41) is 0. The zero-order valence-electron chi connectivity index (χ0n) is 7.09. The Labute approximate surface area is 90.5 Å². The highest BCUT2D eigenvalue weighted by Crippen LogP contribution is 2.33. The van der Waals surface area contributed by atoms with E-state index in [1.165, 1.54) is 12.4 Å². The molecule has 2 rings (SSSR count). The van der Waals surface area contributed by atoms with Crippen LogP contribution in [0, 0.1) is 0 Å². The molecule has 0 saturated carbocycles. The van der Waals surface area contributed by atoms with E-state index in [1.54, 1.807) is 0 Å². The van der Waals surface area contributed by atoms with Crippen LogP contribution in [0.15, 0.2) is 23.1 Å². The molecule has 3 nitrogen and oxygen atoms in total. The summed E-state index contributed by atoms with van der Waals surface area (Å²) in [6, 6.07) is 0. The van der Waals surface area contributed by atoms with Gasteiger partial charge in [0.25, 0.3) is 0 Å². The van der Waals surface area contributed by atoms with Gasteiger partial charge in [-0.3, -0.25) is 9.97 Å². The van der Waals surface area contributed by atoms with Crippen molar-refractivity contribution >= 4 is 27.0 Å². The molecule has 0 aliphatic heterocycles. The van der Waals surface area contributed by atoms with E-state index in [0.717, 1.165) is 6.20 Å². The number of rotatable bonds is 0. The van der Waals surface area contributed by atoms with Crippen LogP contribution in [-0.2, 0) is 6.18 Å². The Hall–Kier alpha value is -1.24. The number of hydrogen-bond acceptors (Lipinski definition) is 3. The topological polar surface area (TPSA) is 38.7 Å². The SMILES string of the molecule is FC(F)(F)c1ncc(Br)c2nccnc12. The van der Waals surface area contributed by atoms with E-state index in [1.807, 2.05) is 0 Å².